The highest BCUT2D eigenvalue weighted by atomic mass is 35.5. The van der Waals surface area contributed by atoms with Crippen molar-refractivity contribution >= 4 is 11.6 Å². The molecule has 2 nitrogen and oxygen atoms in total. The van der Waals surface area contributed by atoms with E-state index in [-0.39, 0.29) is 22.9 Å². The van der Waals surface area contributed by atoms with Gasteiger partial charge < -0.3 is 4.74 Å². The van der Waals surface area contributed by atoms with Gasteiger partial charge in [-0.25, -0.2) is 4.39 Å². The minimum atomic E-state index is -0.379. The zero-order valence-corrected chi connectivity index (χ0v) is 12.1. The van der Waals surface area contributed by atoms with Gasteiger partial charge in [0.2, 0.25) is 0 Å². The van der Waals surface area contributed by atoms with Crippen molar-refractivity contribution in [1.82, 2.24) is 0 Å². The Hall–Kier alpha value is -1.27. The topological polar surface area (TPSA) is 33.0 Å². The van der Waals surface area contributed by atoms with Crippen molar-refractivity contribution in [3.05, 3.63) is 29.6 Å². The van der Waals surface area contributed by atoms with Gasteiger partial charge in [0.1, 0.15) is 0 Å². The molecule has 1 rings (SSSR count). The highest BCUT2D eigenvalue weighted by Crippen LogP contribution is 2.25. The van der Waals surface area contributed by atoms with Gasteiger partial charge >= 0.3 is 0 Å². The number of hydrogen-bond donors (Lipinski definition) is 0. The molecule has 0 fully saturated rings. The van der Waals surface area contributed by atoms with Crippen LogP contribution in [0.2, 0.25) is 0 Å². The second kappa shape index (κ2) is 7.35. The van der Waals surface area contributed by atoms with Crippen LogP contribution in [0.5, 0.6) is 5.75 Å². The molecule has 0 spiro atoms. The van der Waals surface area contributed by atoms with E-state index in [0.29, 0.717) is 12.2 Å². The van der Waals surface area contributed by atoms with Crippen LogP contribution in [0, 0.1) is 22.6 Å². The zero-order chi connectivity index (χ0) is 14.3. The Morgan fingerprint density at radius 1 is 1.37 bits per heavy atom. The first-order chi connectivity index (χ1) is 9.00. The van der Waals surface area contributed by atoms with Gasteiger partial charge in [0, 0.05) is 5.56 Å². The third kappa shape index (κ3) is 5.08. The number of halogens is 2. The summed E-state index contributed by atoms with van der Waals surface area (Å²) in [6, 6.07) is 7.00. The highest BCUT2D eigenvalue weighted by molar-refractivity contribution is 6.17. The van der Waals surface area contributed by atoms with Crippen LogP contribution in [0.1, 0.15) is 38.7 Å². The molecule has 0 heterocycles. The van der Waals surface area contributed by atoms with Crippen molar-refractivity contribution in [2.75, 3.05) is 6.61 Å². The quantitative estimate of drug-likeness (QED) is 0.538. The number of ether oxygens (including phenoxy) is 1. The Morgan fingerprint density at radius 3 is 2.74 bits per heavy atom. The van der Waals surface area contributed by atoms with Crippen molar-refractivity contribution in [1.29, 1.82) is 5.26 Å². The first-order valence-corrected chi connectivity index (χ1v) is 6.91. The Labute approximate surface area is 119 Å². The smallest absolute Gasteiger partial charge is 0.165 e. The van der Waals surface area contributed by atoms with Gasteiger partial charge in [-0.2, -0.15) is 5.26 Å². The lowest BCUT2D eigenvalue weighted by atomic mass is 9.89. The predicted molar refractivity (Wildman–Crippen MR) is 74.7 cm³/mol. The molecule has 0 radical (unpaired) electrons. The number of alkyl halides is 1. The largest absolute Gasteiger partial charge is 0.490 e. The number of para-hydroxylation sites is 1. The first kappa shape index (κ1) is 15.8. The molecular weight excluding hydrogens is 265 g/mol. The van der Waals surface area contributed by atoms with Gasteiger partial charge in [0.05, 0.1) is 24.0 Å². The molecule has 0 amide bonds. The van der Waals surface area contributed by atoms with Crippen molar-refractivity contribution in [2.45, 2.75) is 39.0 Å². The van der Waals surface area contributed by atoms with Gasteiger partial charge in [0.15, 0.2) is 11.6 Å². The molecule has 19 heavy (non-hydrogen) atoms. The van der Waals surface area contributed by atoms with E-state index in [1.54, 1.807) is 12.1 Å². The maximum absolute atomic E-state index is 13.6. The molecule has 0 aliphatic heterocycles. The lowest BCUT2D eigenvalue weighted by molar-refractivity contribution is 0.280. The first-order valence-electron chi connectivity index (χ1n) is 6.37. The lowest BCUT2D eigenvalue weighted by Gasteiger charge is -2.15. The van der Waals surface area contributed by atoms with Crippen molar-refractivity contribution in [2.24, 2.45) is 5.41 Å². The molecule has 0 unspecified atom stereocenters. The summed E-state index contributed by atoms with van der Waals surface area (Å²) in [5.74, 6) is 0.0988. The van der Waals surface area contributed by atoms with Crippen LogP contribution in [0.15, 0.2) is 18.2 Å². The number of benzene rings is 1. The third-order valence-corrected chi connectivity index (χ3v) is 3.23. The summed E-state index contributed by atoms with van der Waals surface area (Å²) in [7, 11) is 0. The molecule has 0 aliphatic rings. The fourth-order valence-corrected chi connectivity index (χ4v) is 1.93. The second-order valence-electron chi connectivity index (χ2n) is 5.16. The average molecular weight is 284 g/mol. The minimum absolute atomic E-state index is 0.231. The normalized spacial score (nSPS) is 11.1. The van der Waals surface area contributed by atoms with E-state index in [9.17, 15) is 4.39 Å². The van der Waals surface area contributed by atoms with Gasteiger partial charge in [-0.1, -0.05) is 12.1 Å². The lowest BCUT2D eigenvalue weighted by Crippen LogP contribution is -2.09. The van der Waals surface area contributed by atoms with Crippen molar-refractivity contribution in [3.63, 3.8) is 0 Å². The van der Waals surface area contributed by atoms with E-state index >= 15 is 0 Å². The van der Waals surface area contributed by atoms with Crippen molar-refractivity contribution < 1.29 is 9.13 Å². The van der Waals surface area contributed by atoms with E-state index in [2.05, 4.69) is 6.07 Å². The minimum Gasteiger partial charge on any atom is -0.490 e. The molecule has 0 atom stereocenters. The summed E-state index contributed by atoms with van der Waals surface area (Å²) in [6.45, 7) is 4.26. The molecule has 0 aromatic heterocycles. The predicted octanol–water partition coefficient (Wildman–Crippen LogP) is 4.66. The maximum atomic E-state index is 13.6. The van der Waals surface area contributed by atoms with E-state index in [4.69, 9.17) is 21.6 Å². The molecule has 0 N–H and O–H groups in total. The SMILES string of the molecule is CC(C)(C#N)CCCCOc1c(F)cccc1CCl. The molecule has 1 aromatic rings. The maximum Gasteiger partial charge on any atom is 0.165 e. The van der Waals surface area contributed by atoms with Gasteiger partial charge in [-0.15, -0.1) is 11.6 Å². The summed E-state index contributed by atoms with van der Waals surface area (Å²) in [6.07, 6.45) is 2.49. The van der Waals surface area contributed by atoms with E-state index < -0.39 is 0 Å². The molecule has 4 heteroatoms. The second-order valence-corrected chi connectivity index (χ2v) is 5.43. The summed E-state index contributed by atoms with van der Waals surface area (Å²) in [5, 5.41) is 8.89. The fourth-order valence-electron chi connectivity index (χ4n) is 1.72. The number of rotatable bonds is 7. The van der Waals surface area contributed by atoms with Crippen LogP contribution in [0.25, 0.3) is 0 Å². The summed E-state index contributed by atoms with van der Waals surface area (Å²) in [4.78, 5) is 0. The Morgan fingerprint density at radius 2 is 2.11 bits per heavy atom. The number of hydrogen-bond acceptors (Lipinski definition) is 2. The molecule has 0 aliphatic carbocycles. The molecule has 1 aromatic carbocycles. The standard InChI is InChI=1S/C15H19ClFNO/c1-15(2,11-18)8-3-4-9-19-14-12(10-16)6-5-7-13(14)17/h5-7H,3-4,8-10H2,1-2H3. The number of nitrogens with zero attached hydrogens (tertiary/aromatic N) is 1. The van der Waals surface area contributed by atoms with Gasteiger partial charge in [-0.3, -0.25) is 0 Å². The van der Waals surface area contributed by atoms with E-state index in [1.807, 2.05) is 13.8 Å². The number of nitriles is 1. The van der Waals surface area contributed by atoms with Gasteiger partial charge in [0.25, 0.3) is 0 Å². The van der Waals surface area contributed by atoms with E-state index in [1.165, 1.54) is 6.07 Å². The average Bonchev–Trinajstić information content (AvgIpc) is 2.39. The monoisotopic (exact) mass is 283 g/mol. The zero-order valence-electron chi connectivity index (χ0n) is 11.4. The van der Waals surface area contributed by atoms with Gasteiger partial charge in [-0.05, 0) is 39.2 Å². The van der Waals surface area contributed by atoms with Crippen LogP contribution in [0.4, 0.5) is 4.39 Å². The van der Waals surface area contributed by atoms with Crippen LogP contribution in [-0.2, 0) is 5.88 Å². The molecule has 0 saturated carbocycles. The molecular formula is C15H19ClFNO. The Balaban J connectivity index is 2.40. The fraction of sp³-hybridized carbons (Fsp3) is 0.533. The summed E-state index contributed by atoms with van der Waals surface area (Å²) in [5.41, 5.74) is 0.360. The Bertz CT molecular complexity index is 454. The molecule has 0 bridgehead atoms. The van der Waals surface area contributed by atoms with E-state index in [0.717, 1.165) is 19.3 Å². The molecule has 0 saturated heterocycles. The third-order valence-electron chi connectivity index (χ3n) is 2.94. The van der Waals surface area contributed by atoms with Crippen LogP contribution >= 0.6 is 11.6 Å². The number of unbranched alkanes of at least 4 members (excludes halogenated alkanes) is 1. The van der Waals surface area contributed by atoms with Crippen molar-refractivity contribution in [3.8, 4) is 11.8 Å². The summed E-state index contributed by atoms with van der Waals surface area (Å²) < 4.78 is 19.0. The van der Waals surface area contributed by atoms with Crippen LogP contribution < -0.4 is 4.74 Å². The Kier molecular flexibility index (Phi) is 6.11. The van der Waals surface area contributed by atoms with Crippen LogP contribution in [-0.4, -0.2) is 6.61 Å². The highest BCUT2D eigenvalue weighted by Gasteiger charge is 2.15. The molecule has 104 valence electrons. The summed E-state index contributed by atoms with van der Waals surface area (Å²) >= 11 is 5.74. The van der Waals surface area contributed by atoms with Crippen LogP contribution in [0.3, 0.4) is 0 Å².